The molecule has 0 radical (unpaired) electrons. The normalized spacial score (nSPS) is 30.8. The highest BCUT2D eigenvalue weighted by Gasteiger charge is 2.57. The lowest BCUT2D eigenvalue weighted by molar-refractivity contribution is -0.228. The largest absolute Gasteiger partial charge is 0.481 e. The van der Waals surface area contributed by atoms with E-state index in [2.05, 4.69) is 0 Å². The summed E-state index contributed by atoms with van der Waals surface area (Å²) in [7, 11) is 0. The molecule has 41 heavy (non-hydrogen) atoms. The third kappa shape index (κ3) is 4.91. The van der Waals surface area contributed by atoms with Crippen LogP contribution in [0.5, 0.6) is 0 Å². The average Bonchev–Trinajstić information content (AvgIpc) is 3.31. The van der Waals surface area contributed by atoms with Crippen LogP contribution in [0.15, 0.2) is 36.4 Å². The van der Waals surface area contributed by atoms with Gasteiger partial charge in [0.15, 0.2) is 5.67 Å². The molecular formula is C31H33F6NO3. The van der Waals surface area contributed by atoms with Crippen molar-refractivity contribution in [2.75, 3.05) is 6.54 Å². The standard InChI is InChI=1S/C31H33F6NO3/c1-18-15-19(3-7-24(18)32)17-29-13-14-38(27(41)30(34)11-9-20(10-12-30)26(39)40)25(29)8-4-21-16-22(5-6-23(21)29)28(2,33)31(35,36)37/h3,5-7,15-16,20,25H,4,8-14,17H2,1-2H3,(H,39,40)/t20-,25?,28?,29?,30+/i1D3. The zero-order valence-corrected chi connectivity index (χ0v) is 22.5. The Morgan fingerprint density at radius 3 is 2.41 bits per heavy atom. The van der Waals surface area contributed by atoms with Gasteiger partial charge >= 0.3 is 12.1 Å². The number of likely N-dealkylation sites (tertiary alicyclic amines) is 1. The minimum absolute atomic E-state index is 0.00150. The predicted molar refractivity (Wildman–Crippen MR) is 139 cm³/mol. The van der Waals surface area contributed by atoms with E-state index in [0.29, 0.717) is 23.6 Å². The first-order chi connectivity index (χ1) is 20.3. The molecule has 2 aromatic carbocycles. The first-order valence-corrected chi connectivity index (χ1v) is 13.7. The summed E-state index contributed by atoms with van der Waals surface area (Å²) in [6, 6.07) is 6.66. The number of nitrogens with zero attached hydrogens (tertiary/aromatic N) is 1. The molecule has 0 bridgehead atoms. The number of benzene rings is 2. The van der Waals surface area contributed by atoms with E-state index in [1.54, 1.807) is 0 Å². The van der Waals surface area contributed by atoms with Gasteiger partial charge in [-0.25, -0.2) is 13.2 Å². The highest BCUT2D eigenvalue weighted by molar-refractivity contribution is 5.86. The first kappa shape index (κ1) is 25.7. The molecule has 10 heteroatoms. The van der Waals surface area contributed by atoms with E-state index in [4.69, 9.17) is 4.11 Å². The van der Waals surface area contributed by atoms with Gasteiger partial charge in [0.25, 0.3) is 5.91 Å². The molecule has 222 valence electrons. The maximum Gasteiger partial charge on any atom is 0.426 e. The number of hydrogen-bond acceptors (Lipinski definition) is 2. The monoisotopic (exact) mass is 584 g/mol. The molecular weight excluding hydrogens is 548 g/mol. The van der Waals surface area contributed by atoms with Crippen molar-refractivity contribution in [3.63, 3.8) is 0 Å². The van der Waals surface area contributed by atoms with E-state index in [-0.39, 0.29) is 57.9 Å². The minimum Gasteiger partial charge on any atom is -0.481 e. The molecule has 5 rings (SSSR count). The van der Waals surface area contributed by atoms with Gasteiger partial charge in [0, 0.05) is 22.1 Å². The number of carboxylic acid groups (broad SMARTS) is 1. The number of aliphatic carboxylic acids is 1. The molecule has 2 aliphatic carbocycles. The summed E-state index contributed by atoms with van der Waals surface area (Å²) in [4.78, 5) is 26.6. The Bertz CT molecular complexity index is 1470. The van der Waals surface area contributed by atoms with Crippen LogP contribution in [-0.4, -0.2) is 46.3 Å². The summed E-state index contributed by atoms with van der Waals surface area (Å²) in [6.45, 7) is -2.22. The quantitative estimate of drug-likeness (QED) is 0.390. The molecule has 3 aliphatic rings. The Morgan fingerprint density at radius 2 is 1.78 bits per heavy atom. The number of carbonyl (C=O) groups excluding carboxylic acids is 1. The average molecular weight is 585 g/mol. The molecule has 1 N–H and O–H groups in total. The van der Waals surface area contributed by atoms with Gasteiger partial charge in [-0.1, -0.05) is 30.3 Å². The van der Waals surface area contributed by atoms with Gasteiger partial charge in [0.05, 0.1) is 5.92 Å². The molecule has 1 amide bonds. The van der Waals surface area contributed by atoms with E-state index in [1.165, 1.54) is 29.2 Å². The Morgan fingerprint density at radius 1 is 1.07 bits per heavy atom. The van der Waals surface area contributed by atoms with Crippen molar-refractivity contribution in [1.82, 2.24) is 4.90 Å². The predicted octanol–water partition coefficient (Wildman–Crippen LogP) is 6.89. The second-order valence-corrected chi connectivity index (χ2v) is 11.9. The fourth-order valence-corrected chi connectivity index (χ4v) is 7.11. The minimum atomic E-state index is -5.17. The van der Waals surface area contributed by atoms with Gasteiger partial charge in [0.2, 0.25) is 5.67 Å². The van der Waals surface area contributed by atoms with Gasteiger partial charge in [-0.15, -0.1) is 0 Å². The molecule has 0 spiro atoms. The Balaban J connectivity index is 1.56. The zero-order valence-electron chi connectivity index (χ0n) is 25.5. The highest BCUT2D eigenvalue weighted by atomic mass is 19.4. The van der Waals surface area contributed by atoms with Crippen molar-refractivity contribution in [3.05, 3.63) is 70.0 Å². The number of halogens is 6. The molecule has 4 nitrogen and oxygen atoms in total. The van der Waals surface area contributed by atoms with Gasteiger partial charge in [-0.3, -0.25) is 9.59 Å². The number of amides is 1. The molecule has 3 unspecified atom stereocenters. The second-order valence-electron chi connectivity index (χ2n) is 11.9. The third-order valence-corrected chi connectivity index (χ3v) is 9.54. The van der Waals surface area contributed by atoms with Crippen LogP contribution >= 0.6 is 0 Å². The molecule has 2 fully saturated rings. The summed E-state index contributed by atoms with van der Waals surface area (Å²) in [5.74, 6) is -3.49. The lowest BCUT2D eigenvalue weighted by Gasteiger charge is -2.45. The summed E-state index contributed by atoms with van der Waals surface area (Å²) in [6.07, 6.45) is -4.96. The van der Waals surface area contributed by atoms with Crippen molar-refractivity contribution in [1.29, 1.82) is 0 Å². The number of alkyl halides is 5. The van der Waals surface area contributed by atoms with E-state index >= 15 is 4.39 Å². The van der Waals surface area contributed by atoms with Crippen molar-refractivity contribution >= 4 is 11.9 Å². The van der Waals surface area contributed by atoms with Crippen LogP contribution in [0.1, 0.15) is 77.4 Å². The lowest BCUT2D eigenvalue weighted by atomic mass is 9.63. The van der Waals surface area contributed by atoms with Crippen LogP contribution < -0.4 is 0 Å². The number of carbonyl (C=O) groups is 2. The number of aryl methyl sites for hydroxylation is 2. The lowest BCUT2D eigenvalue weighted by Crippen LogP contribution is -2.55. The first-order valence-electron chi connectivity index (χ1n) is 15.2. The molecule has 1 saturated heterocycles. The van der Waals surface area contributed by atoms with E-state index in [1.807, 2.05) is 0 Å². The molecule has 3 atom stereocenters. The summed E-state index contributed by atoms with van der Waals surface area (Å²) < 4.78 is 109. The molecule has 1 heterocycles. The summed E-state index contributed by atoms with van der Waals surface area (Å²) >= 11 is 0. The fourth-order valence-electron chi connectivity index (χ4n) is 7.11. The van der Waals surface area contributed by atoms with Crippen molar-refractivity contribution < 1.29 is 45.2 Å². The van der Waals surface area contributed by atoms with Crippen molar-refractivity contribution in [2.45, 2.75) is 94.1 Å². The van der Waals surface area contributed by atoms with E-state index in [0.717, 1.165) is 12.1 Å². The van der Waals surface area contributed by atoms with Gasteiger partial charge < -0.3 is 10.0 Å². The van der Waals surface area contributed by atoms with Gasteiger partial charge in [-0.2, -0.15) is 13.2 Å². The molecule has 0 aromatic heterocycles. The smallest absolute Gasteiger partial charge is 0.426 e. The number of fused-ring (bicyclic) bond motifs is 3. The SMILES string of the molecule is [2H]C([2H])([2H])c1cc(CC23CCN(C(=O)[C@]4(F)CC[C@@H](C(=O)O)CC4)C2CCc2cc(C(C)(F)C(F)(F)F)ccc23)ccc1F. The number of hydrogen-bond donors (Lipinski definition) is 1. The Hall–Kier alpha value is -3.04. The Labute approximate surface area is 238 Å². The summed E-state index contributed by atoms with van der Waals surface area (Å²) in [5.41, 5.74) is -6.58. The third-order valence-electron chi connectivity index (χ3n) is 9.54. The van der Waals surface area contributed by atoms with Crippen LogP contribution in [0.25, 0.3) is 0 Å². The maximum absolute atomic E-state index is 16.1. The van der Waals surface area contributed by atoms with Crippen LogP contribution in [0.3, 0.4) is 0 Å². The van der Waals surface area contributed by atoms with Gasteiger partial charge in [0.1, 0.15) is 5.82 Å². The van der Waals surface area contributed by atoms with E-state index < -0.39 is 70.6 Å². The highest BCUT2D eigenvalue weighted by Crippen LogP contribution is 2.52. The van der Waals surface area contributed by atoms with Gasteiger partial charge in [-0.05, 0) is 99.0 Å². The van der Waals surface area contributed by atoms with E-state index in [9.17, 15) is 36.6 Å². The fraction of sp³-hybridized carbons (Fsp3) is 0.548. The Kier molecular flexibility index (Phi) is 6.29. The topological polar surface area (TPSA) is 57.6 Å². The van der Waals surface area contributed by atoms with Crippen LogP contribution in [-0.2, 0) is 33.5 Å². The summed E-state index contributed by atoms with van der Waals surface area (Å²) in [5, 5.41) is 9.32. The number of rotatable bonds is 5. The van der Waals surface area contributed by atoms with Crippen molar-refractivity contribution in [3.8, 4) is 0 Å². The maximum atomic E-state index is 16.1. The van der Waals surface area contributed by atoms with Crippen molar-refractivity contribution in [2.24, 2.45) is 5.92 Å². The second kappa shape index (κ2) is 10.1. The molecule has 1 saturated carbocycles. The molecule has 1 aliphatic heterocycles. The van der Waals surface area contributed by atoms with Crippen LogP contribution in [0, 0.1) is 18.6 Å². The molecule has 2 aromatic rings. The van der Waals surface area contributed by atoms with Crippen LogP contribution in [0.4, 0.5) is 26.3 Å². The van der Waals surface area contributed by atoms with Crippen LogP contribution in [0.2, 0.25) is 0 Å². The zero-order chi connectivity index (χ0) is 32.5. The number of carboxylic acids is 1.